The lowest BCUT2D eigenvalue weighted by Gasteiger charge is -2.09. The summed E-state index contributed by atoms with van der Waals surface area (Å²) >= 11 is 0. The van der Waals surface area contributed by atoms with Gasteiger partial charge >= 0.3 is 0 Å². The van der Waals surface area contributed by atoms with E-state index in [1.807, 2.05) is 24.3 Å². The number of aliphatic hydroxyl groups is 1. The SMILES string of the molecule is CCCCOc1ccc(CC(O)CC(N)=O)cc1. The zero-order valence-corrected chi connectivity index (χ0v) is 10.8. The molecule has 0 radical (unpaired) electrons. The van der Waals surface area contributed by atoms with E-state index in [2.05, 4.69) is 6.92 Å². The number of benzene rings is 1. The first-order valence-electron chi connectivity index (χ1n) is 6.30. The quantitative estimate of drug-likeness (QED) is 0.690. The number of amides is 1. The molecule has 3 N–H and O–H groups in total. The summed E-state index contributed by atoms with van der Waals surface area (Å²) in [4.78, 5) is 10.6. The Kier molecular flexibility index (Phi) is 6.22. The number of nitrogens with two attached hydrogens (primary N) is 1. The third kappa shape index (κ3) is 5.68. The molecule has 0 bridgehead atoms. The van der Waals surface area contributed by atoms with Crippen LogP contribution in [0.15, 0.2) is 24.3 Å². The number of primary amides is 1. The molecule has 0 fully saturated rings. The highest BCUT2D eigenvalue weighted by Gasteiger charge is 2.08. The van der Waals surface area contributed by atoms with Gasteiger partial charge in [0.25, 0.3) is 0 Å². The standard InChI is InChI=1S/C14H21NO3/c1-2-3-8-18-13-6-4-11(5-7-13)9-12(16)10-14(15)17/h4-7,12,16H,2-3,8-10H2,1H3,(H2,15,17). The van der Waals surface area contributed by atoms with Gasteiger partial charge in [0, 0.05) is 0 Å². The molecule has 0 saturated heterocycles. The van der Waals surface area contributed by atoms with Gasteiger partial charge in [-0.1, -0.05) is 25.5 Å². The van der Waals surface area contributed by atoms with Crippen molar-refractivity contribution < 1.29 is 14.6 Å². The number of aliphatic hydroxyl groups excluding tert-OH is 1. The summed E-state index contributed by atoms with van der Waals surface area (Å²) in [5.74, 6) is 0.346. The number of carbonyl (C=O) groups is 1. The predicted octanol–water partition coefficient (Wildman–Crippen LogP) is 1.64. The van der Waals surface area contributed by atoms with E-state index in [4.69, 9.17) is 10.5 Å². The van der Waals surface area contributed by atoms with Gasteiger partial charge in [-0.25, -0.2) is 0 Å². The highest BCUT2D eigenvalue weighted by molar-refractivity contribution is 5.74. The Morgan fingerprint density at radius 3 is 2.61 bits per heavy atom. The molecule has 4 heteroatoms. The largest absolute Gasteiger partial charge is 0.494 e. The average molecular weight is 251 g/mol. The van der Waals surface area contributed by atoms with Crippen molar-refractivity contribution in [1.82, 2.24) is 0 Å². The minimum absolute atomic E-state index is 0.00521. The monoisotopic (exact) mass is 251 g/mol. The normalized spacial score (nSPS) is 12.1. The highest BCUT2D eigenvalue weighted by atomic mass is 16.5. The average Bonchev–Trinajstić information content (AvgIpc) is 2.30. The first-order chi connectivity index (χ1) is 8.61. The van der Waals surface area contributed by atoms with Crippen molar-refractivity contribution in [3.8, 4) is 5.75 Å². The topological polar surface area (TPSA) is 72.6 Å². The highest BCUT2D eigenvalue weighted by Crippen LogP contribution is 2.14. The molecule has 0 spiro atoms. The van der Waals surface area contributed by atoms with E-state index in [-0.39, 0.29) is 6.42 Å². The van der Waals surface area contributed by atoms with Crippen LogP contribution in [-0.4, -0.2) is 23.7 Å². The van der Waals surface area contributed by atoms with E-state index in [0.717, 1.165) is 30.8 Å². The lowest BCUT2D eigenvalue weighted by molar-refractivity contribution is -0.119. The Morgan fingerprint density at radius 1 is 1.39 bits per heavy atom. The van der Waals surface area contributed by atoms with Crippen LogP contribution in [0.2, 0.25) is 0 Å². The summed E-state index contributed by atoms with van der Waals surface area (Å²) in [5, 5.41) is 9.58. The fourth-order valence-corrected chi connectivity index (χ4v) is 1.63. The minimum atomic E-state index is -0.714. The molecule has 4 nitrogen and oxygen atoms in total. The van der Waals surface area contributed by atoms with Crippen LogP contribution in [0.4, 0.5) is 0 Å². The Balaban J connectivity index is 2.42. The zero-order chi connectivity index (χ0) is 13.4. The second-order valence-electron chi connectivity index (χ2n) is 4.37. The van der Waals surface area contributed by atoms with E-state index in [0.29, 0.717) is 6.42 Å². The first-order valence-corrected chi connectivity index (χ1v) is 6.30. The lowest BCUT2D eigenvalue weighted by Crippen LogP contribution is -2.21. The smallest absolute Gasteiger partial charge is 0.220 e. The Labute approximate surface area is 108 Å². The fraction of sp³-hybridized carbons (Fsp3) is 0.500. The van der Waals surface area contributed by atoms with Gasteiger partial charge in [-0.3, -0.25) is 4.79 Å². The molecule has 1 amide bonds. The first kappa shape index (κ1) is 14.5. The van der Waals surface area contributed by atoms with Gasteiger partial charge in [-0.15, -0.1) is 0 Å². The molecule has 0 aliphatic carbocycles. The summed E-state index contributed by atoms with van der Waals surface area (Å²) in [7, 11) is 0. The Hall–Kier alpha value is -1.55. The molecule has 0 heterocycles. The molecular formula is C14H21NO3. The van der Waals surface area contributed by atoms with Crippen molar-refractivity contribution in [2.24, 2.45) is 5.73 Å². The second kappa shape index (κ2) is 7.71. The van der Waals surface area contributed by atoms with Crippen LogP contribution in [0, 0.1) is 0 Å². The van der Waals surface area contributed by atoms with Gasteiger partial charge in [0.2, 0.25) is 5.91 Å². The molecule has 1 aromatic carbocycles. The van der Waals surface area contributed by atoms with Crippen molar-refractivity contribution in [2.75, 3.05) is 6.61 Å². The van der Waals surface area contributed by atoms with E-state index >= 15 is 0 Å². The molecule has 18 heavy (non-hydrogen) atoms. The van der Waals surface area contributed by atoms with Gasteiger partial charge < -0.3 is 15.6 Å². The van der Waals surface area contributed by atoms with Crippen LogP contribution in [-0.2, 0) is 11.2 Å². The van der Waals surface area contributed by atoms with E-state index in [1.165, 1.54) is 0 Å². The van der Waals surface area contributed by atoms with Gasteiger partial charge in [-0.05, 0) is 30.5 Å². The summed E-state index contributed by atoms with van der Waals surface area (Å²) in [6, 6.07) is 7.54. The molecule has 0 saturated carbocycles. The number of hydrogen-bond donors (Lipinski definition) is 2. The summed E-state index contributed by atoms with van der Waals surface area (Å²) in [6.45, 7) is 2.84. The Morgan fingerprint density at radius 2 is 2.06 bits per heavy atom. The van der Waals surface area contributed by atoms with Crippen LogP contribution < -0.4 is 10.5 Å². The van der Waals surface area contributed by atoms with Gasteiger partial charge in [-0.2, -0.15) is 0 Å². The van der Waals surface area contributed by atoms with Crippen molar-refractivity contribution in [3.05, 3.63) is 29.8 Å². The lowest BCUT2D eigenvalue weighted by atomic mass is 10.1. The van der Waals surface area contributed by atoms with E-state index < -0.39 is 12.0 Å². The maximum atomic E-state index is 10.6. The maximum absolute atomic E-state index is 10.6. The van der Waals surface area contributed by atoms with Crippen molar-refractivity contribution in [2.45, 2.75) is 38.7 Å². The zero-order valence-electron chi connectivity index (χ0n) is 10.8. The minimum Gasteiger partial charge on any atom is -0.494 e. The summed E-state index contributed by atoms with van der Waals surface area (Å²) in [6.07, 6.45) is 1.86. The van der Waals surface area contributed by atoms with E-state index in [1.54, 1.807) is 0 Å². The van der Waals surface area contributed by atoms with Crippen molar-refractivity contribution in [1.29, 1.82) is 0 Å². The van der Waals surface area contributed by atoms with Gasteiger partial charge in [0.15, 0.2) is 0 Å². The Bertz CT molecular complexity index is 362. The number of hydrogen-bond acceptors (Lipinski definition) is 3. The predicted molar refractivity (Wildman–Crippen MR) is 70.4 cm³/mol. The van der Waals surface area contributed by atoms with Crippen LogP contribution in [0.1, 0.15) is 31.7 Å². The van der Waals surface area contributed by atoms with Crippen LogP contribution >= 0.6 is 0 Å². The molecular weight excluding hydrogens is 230 g/mol. The van der Waals surface area contributed by atoms with E-state index in [9.17, 15) is 9.90 Å². The van der Waals surface area contributed by atoms with Crippen LogP contribution in [0.5, 0.6) is 5.75 Å². The molecule has 100 valence electrons. The number of unbranched alkanes of at least 4 members (excludes halogenated alkanes) is 1. The molecule has 0 aliphatic rings. The molecule has 0 aliphatic heterocycles. The third-order valence-corrected chi connectivity index (χ3v) is 2.60. The van der Waals surface area contributed by atoms with Crippen LogP contribution in [0.25, 0.3) is 0 Å². The molecule has 0 aromatic heterocycles. The third-order valence-electron chi connectivity index (χ3n) is 2.60. The second-order valence-corrected chi connectivity index (χ2v) is 4.37. The van der Waals surface area contributed by atoms with Crippen LogP contribution in [0.3, 0.4) is 0 Å². The summed E-state index contributed by atoms with van der Waals surface area (Å²) < 4.78 is 5.53. The number of ether oxygens (including phenoxy) is 1. The fourth-order valence-electron chi connectivity index (χ4n) is 1.63. The van der Waals surface area contributed by atoms with Gasteiger partial charge in [0.05, 0.1) is 19.1 Å². The maximum Gasteiger partial charge on any atom is 0.220 e. The molecule has 1 aromatic rings. The van der Waals surface area contributed by atoms with Gasteiger partial charge in [0.1, 0.15) is 5.75 Å². The van der Waals surface area contributed by atoms with Crippen molar-refractivity contribution in [3.63, 3.8) is 0 Å². The number of carbonyl (C=O) groups excluding carboxylic acids is 1. The molecule has 1 atom stereocenters. The van der Waals surface area contributed by atoms with Crippen molar-refractivity contribution >= 4 is 5.91 Å². The number of rotatable bonds is 8. The molecule has 1 rings (SSSR count). The summed E-state index contributed by atoms with van der Waals surface area (Å²) in [5.41, 5.74) is 5.98. The molecule has 1 unspecified atom stereocenters.